The van der Waals surface area contributed by atoms with Gasteiger partial charge in [0, 0.05) is 31.3 Å². The number of anilines is 1. The Balaban J connectivity index is 1.24. The lowest BCUT2D eigenvalue weighted by Crippen LogP contribution is -2.53. The van der Waals surface area contributed by atoms with Gasteiger partial charge in [-0.1, -0.05) is 0 Å². The number of nitrogens with one attached hydrogen (secondary N) is 1. The maximum atomic E-state index is 15.2. The summed E-state index contributed by atoms with van der Waals surface area (Å²) in [6.45, 7) is 7.06. The van der Waals surface area contributed by atoms with Crippen molar-refractivity contribution in [2.24, 2.45) is 4.99 Å². The van der Waals surface area contributed by atoms with Gasteiger partial charge in [-0.05, 0) is 38.8 Å². The van der Waals surface area contributed by atoms with E-state index in [-0.39, 0.29) is 11.6 Å². The number of nitrogens with zero attached hydrogens (tertiary/aromatic N) is 6. The molecule has 0 aromatic carbocycles. The van der Waals surface area contributed by atoms with Crippen molar-refractivity contribution in [3.63, 3.8) is 0 Å². The Morgan fingerprint density at radius 2 is 2.00 bits per heavy atom. The molecular formula is C25H28F3N7O. The summed E-state index contributed by atoms with van der Waals surface area (Å²) in [5.74, 6) is -0.0685. The van der Waals surface area contributed by atoms with Crippen LogP contribution in [0.3, 0.4) is 0 Å². The number of aliphatic imine (C=N–C) groups is 1. The molecule has 190 valence electrons. The highest BCUT2D eigenvalue weighted by Crippen LogP contribution is 2.44. The number of hydrogen-bond acceptors (Lipinski definition) is 7. The van der Waals surface area contributed by atoms with Crippen molar-refractivity contribution in [1.82, 2.24) is 24.5 Å². The van der Waals surface area contributed by atoms with Crippen molar-refractivity contribution < 1.29 is 17.9 Å². The molecule has 1 atom stereocenters. The van der Waals surface area contributed by atoms with E-state index in [9.17, 15) is 8.78 Å². The fraction of sp³-hybridized carbons (Fsp3) is 0.520. The molecule has 8 nitrogen and oxygen atoms in total. The number of fused-ring (bicyclic) bond motifs is 2. The minimum Gasteiger partial charge on any atom is -0.378 e. The van der Waals surface area contributed by atoms with Crippen LogP contribution in [0.25, 0.3) is 16.8 Å². The summed E-state index contributed by atoms with van der Waals surface area (Å²) in [5, 5.41) is 7.86. The van der Waals surface area contributed by atoms with Crippen molar-refractivity contribution in [1.29, 1.82) is 0 Å². The van der Waals surface area contributed by atoms with Crippen molar-refractivity contribution >= 4 is 22.9 Å². The van der Waals surface area contributed by atoms with Crippen LogP contribution >= 0.6 is 0 Å². The fourth-order valence-corrected chi connectivity index (χ4v) is 5.40. The van der Waals surface area contributed by atoms with Gasteiger partial charge >= 0.3 is 0 Å². The van der Waals surface area contributed by atoms with Gasteiger partial charge < -0.3 is 10.1 Å². The predicted octanol–water partition coefficient (Wildman–Crippen LogP) is 4.22. The second-order valence-electron chi connectivity index (χ2n) is 10.1. The van der Waals surface area contributed by atoms with Crippen LogP contribution < -0.4 is 5.32 Å². The number of piperidine rings is 1. The zero-order valence-corrected chi connectivity index (χ0v) is 20.2. The first-order valence-corrected chi connectivity index (χ1v) is 12.3. The predicted molar refractivity (Wildman–Crippen MR) is 130 cm³/mol. The molecule has 3 aliphatic rings. The highest BCUT2D eigenvalue weighted by molar-refractivity contribution is 5.99. The minimum atomic E-state index is -2.51. The number of alkyl halides is 2. The summed E-state index contributed by atoms with van der Waals surface area (Å²) in [6, 6.07) is 4.15. The molecular weight excluding hydrogens is 471 g/mol. The van der Waals surface area contributed by atoms with E-state index in [2.05, 4.69) is 30.3 Å². The maximum Gasteiger partial charge on any atom is 0.241 e. The Labute approximate surface area is 206 Å². The number of halogens is 3. The lowest BCUT2D eigenvalue weighted by molar-refractivity contribution is -0.0705. The summed E-state index contributed by atoms with van der Waals surface area (Å²) in [7, 11) is 0. The quantitative estimate of drug-likeness (QED) is 0.547. The minimum absolute atomic E-state index is 0.240. The van der Waals surface area contributed by atoms with E-state index in [1.54, 1.807) is 32.2 Å². The van der Waals surface area contributed by atoms with Gasteiger partial charge in [0.1, 0.15) is 0 Å². The van der Waals surface area contributed by atoms with Gasteiger partial charge in [-0.15, -0.1) is 5.10 Å². The number of ether oxygens (including phenoxy) is 1. The molecule has 6 rings (SSSR count). The molecule has 0 radical (unpaired) electrons. The van der Waals surface area contributed by atoms with Crippen molar-refractivity contribution in [3.05, 3.63) is 36.0 Å². The molecule has 6 heterocycles. The molecule has 3 aromatic rings. The van der Waals surface area contributed by atoms with Crippen LogP contribution in [0.4, 0.5) is 24.8 Å². The van der Waals surface area contributed by atoms with Crippen LogP contribution in [0.2, 0.25) is 0 Å². The molecule has 2 fully saturated rings. The van der Waals surface area contributed by atoms with E-state index in [0.29, 0.717) is 40.3 Å². The summed E-state index contributed by atoms with van der Waals surface area (Å²) in [6.07, 6.45) is 1.91. The monoisotopic (exact) mass is 499 g/mol. The van der Waals surface area contributed by atoms with Crippen molar-refractivity contribution in [2.45, 2.75) is 57.0 Å². The molecule has 1 N–H and O–H groups in total. The molecule has 0 bridgehead atoms. The van der Waals surface area contributed by atoms with Crippen molar-refractivity contribution in [2.75, 3.05) is 31.6 Å². The zero-order chi connectivity index (χ0) is 25.0. The standard InChI is InChI=1S/C25H28F3N7O/c1-14-25(2,9-21(27)28)23-19(30-14)4-3-18(32-23)22-17(26)11-35-20(22)10-29-24(33-35)31-15-5-7-34(8-6-15)16-12-36-13-16/h3-4,10-11,15-16,21H,5-9,12-13H2,1-2H3,(H,31,33). The fourth-order valence-electron chi connectivity index (χ4n) is 5.40. The van der Waals surface area contributed by atoms with Gasteiger partial charge in [-0.25, -0.2) is 27.7 Å². The lowest BCUT2D eigenvalue weighted by Gasteiger charge is -2.41. The van der Waals surface area contributed by atoms with E-state index < -0.39 is 24.1 Å². The molecule has 1 unspecified atom stereocenters. The maximum absolute atomic E-state index is 15.2. The lowest BCUT2D eigenvalue weighted by atomic mass is 9.80. The Morgan fingerprint density at radius 3 is 2.69 bits per heavy atom. The Hall–Kier alpha value is -3.05. The van der Waals surface area contributed by atoms with Crippen LogP contribution in [0.5, 0.6) is 0 Å². The van der Waals surface area contributed by atoms with Crippen LogP contribution in [-0.4, -0.2) is 75.0 Å². The van der Waals surface area contributed by atoms with E-state index in [1.165, 1.54) is 10.7 Å². The largest absolute Gasteiger partial charge is 0.378 e. The average Bonchev–Trinajstić information content (AvgIpc) is 3.25. The molecule has 0 amide bonds. The summed E-state index contributed by atoms with van der Waals surface area (Å²) in [4.78, 5) is 16.0. The van der Waals surface area contributed by atoms with Gasteiger partial charge in [-0.2, -0.15) is 0 Å². The second-order valence-corrected chi connectivity index (χ2v) is 10.1. The Bertz CT molecular complexity index is 1330. The molecule has 2 saturated heterocycles. The number of hydrogen-bond donors (Lipinski definition) is 1. The smallest absolute Gasteiger partial charge is 0.241 e. The van der Waals surface area contributed by atoms with Gasteiger partial charge in [0.05, 0.1) is 65.2 Å². The first-order valence-electron chi connectivity index (χ1n) is 12.3. The number of aromatic nitrogens is 4. The highest BCUT2D eigenvalue weighted by Gasteiger charge is 2.41. The number of likely N-dealkylation sites (tertiary alicyclic amines) is 1. The third-order valence-electron chi connectivity index (χ3n) is 7.79. The zero-order valence-electron chi connectivity index (χ0n) is 20.2. The number of rotatable bonds is 6. The van der Waals surface area contributed by atoms with Crippen LogP contribution in [0.1, 0.15) is 38.8 Å². The highest BCUT2D eigenvalue weighted by atomic mass is 19.3. The van der Waals surface area contributed by atoms with Gasteiger partial charge in [-0.3, -0.25) is 9.89 Å². The van der Waals surface area contributed by atoms with E-state index >= 15 is 4.39 Å². The van der Waals surface area contributed by atoms with Crippen molar-refractivity contribution in [3.8, 4) is 11.3 Å². The first kappa shape index (κ1) is 23.4. The van der Waals surface area contributed by atoms with Gasteiger partial charge in [0.2, 0.25) is 12.4 Å². The van der Waals surface area contributed by atoms with Crippen LogP contribution in [0.15, 0.2) is 29.5 Å². The second kappa shape index (κ2) is 8.81. The van der Waals surface area contributed by atoms with Crippen LogP contribution in [0, 0.1) is 5.82 Å². The molecule has 3 aromatic heterocycles. The Kier molecular flexibility index (Phi) is 5.71. The van der Waals surface area contributed by atoms with Crippen LogP contribution in [-0.2, 0) is 10.2 Å². The number of pyridine rings is 1. The summed E-state index contributed by atoms with van der Waals surface area (Å²) < 4.78 is 48.6. The molecule has 3 aliphatic heterocycles. The van der Waals surface area contributed by atoms with E-state index in [1.807, 2.05) is 0 Å². The van der Waals surface area contributed by atoms with E-state index in [4.69, 9.17) is 4.74 Å². The molecule has 0 aliphatic carbocycles. The topological polar surface area (TPSA) is 79.9 Å². The van der Waals surface area contributed by atoms with Gasteiger partial charge in [0.15, 0.2) is 5.82 Å². The molecule has 0 spiro atoms. The third kappa shape index (κ3) is 3.94. The normalized spacial score (nSPS) is 23.2. The average molecular weight is 500 g/mol. The molecule has 0 saturated carbocycles. The molecule has 36 heavy (non-hydrogen) atoms. The SMILES string of the molecule is CC1=Nc2ccc(-c3c(F)cn4nc(NC5CCN(C6COC6)CC5)ncc34)nc2C1(C)CC(F)F. The summed E-state index contributed by atoms with van der Waals surface area (Å²) in [5.41, 5.74) is 1.60. The molecule has 11 heteroatoms. The van der Waals surface area contributed by atoms with Gasteiger partial charge in [0.25, 0.3) is 0 Å². The Morgan fingerprint density at radius 1 is 1.22 bits per heavy atom. The van der Waals surface area contributed by atoms with E-state index in [0.717, 1.165) is 39.1 Å². The first-order chi connectivity index (χ1) is 17.3. The summed E-state index contributed by atoms with van der Waals surface area (Å²) >= 11 is 0. The third-order valence-corrected chi connectivity index (χ3v) is 7.79.